The predicted molar refractivity (Wildman–Crippen MR) is 89.0 cm³/mol. The molecule has 0 aliphatic heterocycles. The lowest BCUT2D eigenvalue weighted by atomic mass is 10.3. The minimum atomic E-state index is 0.435. The minimum absolute atomic E-state index is 0.435. The van der Waals surface area contributed by atoms with Gasteiger partial charge in [0.15, 0.2) is 5.11 Å². The molecule has 1 heterocycles. The highest BCUT2D eigenvalue weighted by Gasteiger charge is 1.99. The average Bonchev–Trinajstić information content (AvgIpc) is 2.71. The second kappa shape index (κ2) is 6.62. The zero-order valence-corrected chi connectivity index (χ0v) is 13.5. The number of aryl methyl sites for hydroxylation is 2. The molecule has 0 atom stereocenters. The largest absolute Gasteiger partial charge is 0.331 e. The van der Waals surface area contributed by atoms with E-state index < -0.39 is 0 Å². The number of aromatic nitrogens is 2. The molecule has 0 bridgehead atoms. The Hall–Kier alpha value is -1.73. The van der Waals surface area contributed by atoms with Crippen LogP contribution < -0.4 is 10.7 Å². The lowest BCUT2D eigenvalue weighted by molar-refractivity contribution is 0.756. The number of thiocarbonyl (C=S) groups is 1. The molecule has 0 aliphatic rings. The fraction of sp³-hybridized carbons (Fsp3) is 0.154. The molecule has 104 valence electrons. The van der Waals surface area contributed by atoms with Gasteiger partial charge in [0.25, 0.3) is 0 Å². The standard InChI is InChI=1S/C13H14BrN5S/c1-9-10(8-19(2)18-9)7-15-17-13(20)16-12-5-3-11(14)4-6-12/h3-8H,1-2H3,(H2,16,17,20)/b15-7-. The molecule has 0 saturated carbocycles. The molecular formula is C13H14BrN5S. The smallest absolute Gasteiger partial charge is 0.191 e. The minimum Gasteiger partial charge on any atom is -0.331 e. The number of hydrogen-bond donors (Lipinski definition) is 2. The van der Waals surface area contributed by atoms with Crippen molar-refractivity contribution in [2.75, 3.05) is 5.32 Å². The first-order valence-electron chi connectivity index (χ1n) is 5.90. The van der Waals surface area contributed by atoms with Crippen molar-refractivity contribution in [3.05, 3.63) is 46.2 Å². The van der Waals surface area contributed by atoms with Crippen LogP contribution in [0.1, 0.15) is 11.3 Å². The summed E-state index contributed by atoms with van der Waals surface area (Å²) in [5.74, 6) is 0. The van der Waals surface area contributed by atoms with Gasteiger partial charge in [-0.1, -0.05) is 15.9 Å². The van der Waals surface area contributed by atoms with E-state index in [1.807, 2.05) is 44.4 Å². The molecule has 2 aromatic rings. The van der Waals surface area contributed by atoms with Crippen molar-refractivity contribution in [2.45, 2.75) is 6.92 Å². The highest BCUT2D eigenvalue weighted by molar-refractivity contribution is 9.10. The van der Waals surface area contributed by atoms with Crippen molar-refractivity contribution in [1.29, 1.82) is 0 Å². The van der Waals surface area contributed by atoms with E-state index in [-0.39, 0.29) is 0 Å². The van der Waals surface area contributed by atoms with E-state index in [9.17, 15) is 0 Å². The lowest BCUT2D eigenvalue weighted by Crippen LogP contribution is -2.23. The Kier molecular flexibility index (Phi) is 4.86. The number of rotatable bonds is 3. The number of benzene rings is 1. The van der Waals surface area contributed by atoms with Crippen LogP contribution in [-0.4, -0.2) is 21.1 Å². The normalized spacial score (nSPS) is 10.8. The van der Waals surface area contributed by atoms with E-state index in [0.29, 0.717) is 5.11 Å². The van der Waals surface area contributed by atoms with Crippen molar-refractivity contribution in [3.8, 4) is 0 Å². The van der Waals surface area contributed by atoms with Crippen LogP contribution in [-0.2, 0) is 7.05 Å². The van der Waals surface area contributed by atoms with E-state index in [4.69, 9.17) is 12.2 Å². The van der Waals surface area contributed by atoms with E-state index in [1.165, 1.54) is 0 Å². The van der Waals surface area contributed by atoms with Crippen molar-refractivity contribution in [2.24, 2.45) is 12.1 Å². The summed E-state index contributed by atoms with van der Waals surface area (Å²) in [6.45, 7) is 1.93. The van der Waals surface area contributed by atoms with Gasteiger partial charge in [0.2, 0.25) is 0 Å². The maximum Gasteiger partial charge on any atom is 0.191 e. The van der Waals surface area contributed by atoms with Crippen LogP contribution in [0.3, 0.4) is 0 Å². The van der Waals surface area contributed by atoms with E-state index in [1.54, 1.807) is 10.9 Å². The zero-order valence-electron chi connectivity index (χ0n) is 11.1. The number of hydrogen-bond acceptors (Lipinski definition) is 3. The van der Waals surface area contributed by atoms with Crippen LogP contribution >= 0.6 is 28.1 Å². The van der Waals surface area contributed by atoms with Crippen molar-refractivity contribution >= 4 is 45.2 Å². The second-order valence-electron chi connectivity index (χ2n) is 4.17. The van der Waals surface area contributed by atoms with Gasteiger partial charge >= 0.3 is 0 Å². The summed E-state index contributed by atoms with van der Waals surface area (Å²) in [6, 6.07) is 7.72. The molecule has 2 rings (SSSR count). The van der Waals surface area contributed by atoms with Gasteiger partial charge in [-0.3, -0.25) is 10.1 Å². The lowest BCUT2D eigenvalue weighted by Gasteiger charge is -2.06. The van der Waals surface area contributed by atoms with Gasteiger partial charge in [-0.2, -0.15) is 10.2 Å². The number of nitrogens with one attached hydrogen (secondary N) is 2. The SMILES string of the molecule is Cc1nn(C)cc1/C=N\NC(=S)Nc1ccc(Br)cc1. The third-order valence-corrected chi connectivity index (χ3v) is 3.25. The molecule has 0 radical (unpaired) electrons. The maximum absolute atomic E-state index is 5.15. The highest BCUT2D eigenvalue weighted by atomic mass is 79.9. The number of hydrazone groups is 1. The molecule has 2 N–H and O–H groups in total. The molecule has 5 nitrogen and oxygen atoms in total. The second-order valence-corrected chi connectivity index (χ2v) is 5.50. The van der Waals surface area contributed by atoms with Gasteiger partial charge in [0, 0.05) is 29.0 Å². The van der Waals surface area contributed by atoms with E-state index in [0.717, 1.165) is 21.4 Å². The molecule has 1 aromatic carbocycles. The summed E-state index contributed by atoms with van der Waals surface area (Å²) < 4.78 is 2.77. The van der Waals surface area contributed by atoms with Crippen LogP contribution in [0.25, 0.3) is 0 Å². The van der Waals surface area contributed by atoms with Gasteiger partial charge in [-0.25, -0.2) is 0 Å². The summed E-state index contributed by atoms with van der Waals surface area (Å²) in [7, 11) is 1.87. The number of nitrogens with zero attached hydrogens (tertiary/aromatic N) is 3. The van der Waals surface area contributed by atoms with Crippen LogP contribution in [0, 0.1) is 6.92 Å². The summed E-state index contributed by atoms with van der Waals surface area (Å²) in [4.78, 5) is 0. The fourth-order valence-corrected chi connectivity index (χ4v) is 2.03. The van der Waals surface area contributed by atoms with Gasteiger partial charge in [-0.15, -0.1) is 0 Å². The summed E-state index contributed by atoms with van der Waals surface area (Å²) in [5.41, 5.74) is 5.54. The molecule has 0 amide bonds. The molecule has 0 spiro atoms. The molecule has 0 saturated heterocycles. The monoisotopic (exact) mass is 351 g/mol. The Morgan fingerprint density at radius 3 is 2.70 bits per heavy atom. The van der Waals surface area contributed by atoms with Gasteiger partial charge < -0.3 is 5.32 Å². The van der Waals surface area contributed by atoms with Crippen LogP contribution in [0.4, 0.5) is 5.69 Å². The van der Waals surface area contributed by atoms with E-state index >= 15 is 0 Å². The zero-order chi connectivity index (χ0) is 14.5. The van der Waals surface area contributed by atoms with Crippen molar-refractivity contribution < 1.29 is 0 Å². The van der Waals surface area contributed by atoms with Gasteiger partial charge in [-0.05, 0) is 43.4 Å². The average molecular weight is 352 g/mol. The first-order chi connectivity index (χ1) is 9.54. The Morgan fingerprint density at radius 1 is 1.40 bits per heavy atom. The highest BCUT2D eigenvalue weighted by Crippen LogP contribution is 2.13. The summed E-state index contributed by atoms with van der Waals surface area (Å²) in [5, 5.41) is 11.8. The quantitative estimate of drug-likeness (QED) is 0.507. The van der Waals surface area contributed by atoms with Crippen LogP contribution in [0.2, 0.25) is 0 Å². The van der Waals surface area contributed by atoms with Crippen LogP contribution in [0.5, 0.6) is 0 Å². The predicted octanol–water partition coefficient (Wildman–Crippen LogP) is 2.81. The molecular weight excluding hydrogens is 338 g/mol. The summed E-state index contributed by atoms with van der Waals surface area (Å²) in [6.07, 6.45) is 3.59. The van der Waals surface area contributed by atoms with Gasteiger partial charge in [0.1, 0.15) is 0 Å². The Bertz CT molecular complexity index is 633. The first kappa shape index (κ1) is 14.7. The third kappa shape index (κ3) is 4.14. The third-order valence-electron chi connectivity index (χ3n) is 2.52. The topological polar surface area (TPSA) is 54.2 Å². The first-order valence-corrected chi connectivity index (χ1v) is 7.10. The van der Waals surface area contributed by atoms with Crippen molar-refractivity contribution in [1.82, 2.24) is 15.2 Å². The molecule has 0 fully saturated rings. The van der Waals surface area contributed by atoms with Gasteiger partial charge in [0.05, 0.1) is 11.9 Å². The molecule has 7 heteroatoms. The number of anilines is 1. The molecule has 20 heavy (non-hydrogen) atoms. The maximum atomic E-state index is 5.15. The molecule has 0 unspecified atom stereocenters. The molecule has 1 aromatic heterocycles. The van der Waals surface area contributed by atoms with Crippen molar-refractivity contribution in [3.63, 3.8) is 0 Å². The Labute approximate surface area is 131 Å². The van der Waals surface area contributed by atoms with E-state index in [2.05, 4.69) is 36.9 Å². The number of halogens is 1. The fourth-order valence-electron chi connectivity index (χ4n) is 1.60. The van der Waals surface area contributed by atoms with Crippen LogP contribution in [0.15, 0.2) is 40.0 Å². The Morgan fingerprint density at radius 2 is 2.10 bits per heavy atom. The summed E-state index contributed by atoms with van der Waals surface area (Å²) >= 11 is 8.53. The molecule has 0 aliphatic carbocycles. The Balaban J connectivity index is 1.89.